The van der Waals surface area contributed by atoms with Crippen molar-refractivity contribution < 1.29 is 9.53 Å². The maximum atomic E-state index is 11.9. The molecule has 1 amide bonds. The SMILES string of the molecule is Cn1c(=O)[nH]c2c(N3CCCC(CC(C)(C)OC(N)=O)C3)ccnc21. The monoisotopic (exact) mass is 347 g/mol. The first-order valence-electron chi connectivity index (χ1n) is 8.54. The van der Waals surface area contributed by atoms with E-state index in [9.17, 15) is 9.59 Å². The van der Waals surface area contributed by atoms with Crippen LogP contribution in [0.3, 0.4) is 0 Å². The van der Waals surface area contributed by atoms with Crippen LogP contribution in [0.2, 0.25) is 0 Å². The van der Waals surface area contributed by atoms with E-state index in [0.29, 0.717) is 11.6 Å². The fourth-order valence-electron chi connectivity index (χ4n) is 3.83. The fourth-order valence-corrected chi connectivity index (χ4v) is 3.83. The average Bonchev–Trinajstić information content (AvgIpc) is 2.81. The highest BCUT2D eigenvalue weighted by Gasteiger charge is 2.30. The number of hydrogen-bond donors (Lipinski definition) is 2. The predicted molar refractivity (Wildman–Crippen MR) is 95.6 cm³/mol. The number of ether oxygens (including phenoxy) is 1. The molecule has 1 aliphatic rings. The summed E-state index contributed by atoms with van der Waals surface area (Å²) >= 11 is 0. The lowest BCUT2D eigenvalue weighted by Crippen LogP contribution is -2.40. The second-order valence-corrected chi connectivity index (χ2v) is 7.36. The number of nitrogens with zero attached hydrogens (tertiary/aromatic N) is 3. The molecule has 2 aromatic heterocycles. The number of anilines is 1. The Bertz CT molecular complexity index is 838. The lowest BCUT2D eigenvalue weighted by atomic mass is 9.87. The zero-order chi connectivity index (χ0) is 18.2. The number of aryl methyl sites for hydroxylation is 1. The highest BCUT2D eigenvalue weighted by atomic mass is 16.6. The number of carbonyl (C=O) groups is 1. The molecular formula is C17H25N5O3. The molecule has 25 heavy (non-hydrogen) atoms. The Morgan fingerprint density at radius 3 is 3.00 bits per heavy atom. The van der Waals surface area contributed by atoms with Crippen molar-refractivity contribution >= 4 is 22.9 Å². The van der Waals surface area contributed by atoms with Crippen molar-refractivity contribution in [1.82, 2.24) is 14.5 Å². The average molecular weight is 347 g/mol. The summed E-state index contributed by atoms with van der Waals surface area (Å²) in [5.41, 5.74) is 6.82. The van der Waals surface area contributed by atoms with E-state index in [2.05, 4.69) is 14.9 Å². The second kappa shape index (κ2) is 6.42. The van der Waals surface area contributed by atoms with E-state index in [1.54, 1.807) is 13.2 Å². The van der Waals surface area contributed by atoms with Crippen LogP contribution in [0.4, 0.5) is 10.5 Å². The number of aromatic amines is 1. The van der Waals surface area contributed by atoms with E-state index >= 15 is 0 Å². The van der Waals surface area contributed by atoms with E-state index in [1.165, 1.54) is 4.57 Å². The number of hydrogen-bond acceptors (Lipinski definition) is 5. The van der Waals surface area contributed by atoms with E-state index in [-0.39, 0.29) is 5.69 Å². The minimum atomic E-state index is -0.740. The van der Waals surface area contributed by atoms with Gasteiger partial charge in [0, 0.05) is 26.3 Å². The maximum absolute atomic E-state index is 11.9. The first-order chi connectivity index (χ1) is 11.8. The summed E-state index contributed by atoms with van der Waals surface area (Å²) in [6, 6.07) is 1.94. The standard InChI is InChI=1S/C17H25N5O3/c1-17(2,25-15(18)23)9-11-5-4-8-22(10-11)12-6-7-19-14-13(12)20-16(24)21(14)3/h6-7,11H,4-5,8-10H2,1-3H3,(H2,18,23)(H,20,24). The van der Waals surface area contributed by atoms with Crippen molar-refractivity contribution in [2.45, 2.75) is 38.7 Å². The molecule has 0 bridgehead atoms. The summed E-state index contributed by atoms with van der Waals surface area (Å²) in [5, 5.41) is 0. The Kier molecular flexibility index (Phi) is 4.45. The molecule has 3 rings (SSSR count). The molecule has 1 unspecified atom stereocenters. The van der Waals surface area contributed by atoms with E-state index in [4.69, 9.17) is 10.5 Å². The summed E-state index contributed by atoms with van der Waals surface area (Å²) in [5.74, 6) is 0.377. The molecule has 136 valence electrons. The Morgan fingerprint density at radius 1 is 1.52 bits per heavy atom. The number of nitrogens with one attached hydrogen (secondary N) is 1. The van der Waals surface area contributed by atoms with Crippen LogP contribution in [0.1, 0.15) is 33.1 Å². The van der Waals surface area contributed by atoms with Crippen LogP contribution in [-0.2, 0) is 11.8 Å². The molecule has 3 N–H and O–H groups in total. The number of amides is 1. The number of rotatable bonds is 4. The maximum Gasteiger partial charge on any atom is 0.405 e. The highest BCUT2D eigenvalue weighted by Crippen LogP contribution is 2.32. The summed E-state index contributed by atoms with van der Waals surface area (Å²) in [7, 11) is 1.71. The van der Waals surface area contributed by atoms with Gasteiger partial charge < -0.3 is 20.4 Å². The number of fused-ring (bicyclic) bond motifs is 1. The van der Waals surface area contributed by atoms with Crippen LogP contribution in [0, 0.1) is 5.92 Å². The first kappa shape index (κ1) is 17.3. The zero-order valence-electron chi connectivity index (χ0n) is 14.9. The van der Waals surface area contributed by atoms with Gasteiger partial charge in [-0.2, -0.15) is 0 Å². The van der Waals surface area contributed by atoms with Crippen LogP contribution >= 0.6 is 0 Å². The quantitative estimate of drug-likeness (QED) is 0.876. The number of aromatic nitrogens is 3. The molecule has 2 aromatic rings. The summed E-state index contributed by atoms with van der Waals surface area (Å²) in [6.07, 6.45) is 3.84. The van der Waals surface area contributed by atoms with Gasteiger partial charge in [0.05, 0.1) is 5.69 Å². The molecule has 8 heteroatoms. The molecule has 0 spiro atoms. The molecule has 0 aliphatic carbocycles. The Balaban J connectivity index is 1.81. The zero-order valence-corrected chi connectivity index (χ0v) is 14.9. The summed E-state index contributed by atoms with van der Waals surface area (Å²) < 4.78 is 6.75. The van der Waals surface area contributed by atoms with Gasteiger partial charge in [-0.25, -0.2) is 14.6 Å². The van der Waals surface area contributed by atoms with Gasteiger partial charge in [0.2, 0.25) is 0 Å². The minimum absolute atomic E-state index is 0.167. The lowest BCUT2D eigenvalue weighted by Gasteiger charge is -2.37. The lowest BCUT2D eigenvalue weighted by molar-refractivity contribution is 0.0248. The van der Waals surface area contributed by atoms with Gasteiger partial charge in [-0.1, -0.05) is 0 Å². The fraction of sp³-hybridized carbons (Fsp3) is 0.588. The number of piperidine rings is 1. The first-order valence-corrected chi connectivity index (χ1v) is 8.54. The van der Waals surface area contributed by atoms with Gasteiger partial charge in [-0.15, -0.1) is 0 Å². The number of primary amides is 1. The molecule has 3 heterocycles. The molecule has 1 saturated heterocycles. The van der Waals surface area contributed by atoms with Gasteiger partial charge in [-0.05, 0) is 45.1 Å². The van der Waals surface area contributed by atoms with Crippen LogP contribution in [-0.4, -0.2) is 39.3 Å². The van der Waals surface area contributed by atoms with Gasteiger partial charge in [0.15, 0.2) is 5.65 Å². The van der Waals surface area contributed by atoms with Crippen LogP contribution < -0.4 is 16.3 Å². The number of carbonyl (C=O) groups excluding carboxylic acids is 1. The van der Waals surface area contributed by atoms with Crippen LogP contribution in [0.5, 0.6) is 0 Å². The number of H-pyrrole nitrogens is 1. The third-order valence-electron chi connectivity index (χ3n) is 4.78. The molecule has 0 saturated carbocycles. The van der Waals surface area contributed by atoms with E-state index in [1.807, 2.05) is 19.9 Å². The Hall–Kier alpha value is -2.51. The molecular weight excluding hydrogens is 322 g/mol. The largest absolute Gasteiger partial charge is 0.444 e. The smallest absolute Gasteiger partial charge is 0.405 e. The van der Waals surface area contributed by atoms with Crippen molar-refractivity contribution in [2.75, 3.05) is 18.0 Å². The third-order valence-corrected chi connectivity index (χ3v) is 4.78. The molecule has 1 atom stereocenters. The number of pyridine rings is 1. The van der Waals surface area contributed by atoms with Gasteiger partial charge in [0.1, 0.15) is 11.1 Å². The van der Waals surface area contributed by atoms with Crippen molar-refractivity contribution in [3.05, 3.63) is 22.7 Å². The molecule has 0 radical (unpaired) electrons. The Labute approximate surface area is 146 Å². The van der Waals surface area contributed by atoms with Crippen molar-refractivity contribution in [3.63, 3.8) is 0 Å². The van der Waals surface area contributed by atoms with Crippen molar-refractivity contribution in [3.8, 4) is 0 Å². The number of nitrogens with two attached hydrogens (primary N) is 1. The van der Waals surface area contributed by atoms with Crippen LogP contribution in [0.25, 0.3) is 11.2 Å². The van der Waals surface area contributed by atoms with Crippen molar-refractivity contribution in [1.29, 1.82) is 0 Å². The normalized spacial score (nSPS) is 18.5. The predicted octanol–water partition coefficient (Wildman–Crippen LogP) is 1.74. The van der Waals surface area contributed by atoms with E-state index < -0.39 is 11.7 Å². The summed E-state index contributed by atoms with van der Waals surface area (Å²) in [6.45, 7) is 5.53. The molecule has 0 aromatic carbocycles. The van der Waals surface area contributed by atoms with Crippen molar-refractivity contribution in [2.24, 2.45) is 18.7 Å². The van der Waals surface area contributed by atoms with Crippen LogP contribution in [0.15, 0.2) is 17.1 Å². The summed E-state index contributed by atoms with van der Waals surface area (Å²) in [4.78, 5) is 32.5. The number of imidazole rings is 1. The van der Waals surface area contributed by atoms with E-state index in [0.717, 1.165) is 43.6 Å². The molecule has 1 aliphatic heterocycles. The van der Waals surface area contributed by atoms with Gasteiger partial charge in [0.25, 0.3) is 0 Å². The van der Waals surface area contributed by atoms with Gasteiger partial charge >= 0.3 is 11.8 Å². The second-order valence-electron chi connectivity index (χ2n) is 7.36. The van der Waals surface area contributed by atoms with Gasteiger partial charge in [-0.3, -0.25) is 4.57 Å². The molecule has 1 fully saturated rings. The molecule has 8 nitrogen and oxygen atoms in total. The highest BCUT2D eigenvalue weighted by molar-refractivity contribution is 5.86. The Morgan fingerprint density at radius 2 is 2.28 bits per heavy atom. The topological polar surface area (TPSA) is 106 Å². The third kappa shape index (κ3) is 3.62. The minimum Gasteiger partial charge on any atom is -0.444 e.